The highest BCUT2D eigenvalue weighted by atomic mass is 19.1. The van der Waals surface area contributed by atoms with Gasteiger partial charge >= 0.3 is 0 Å². The standard InChI is InChI=1S/C23H22FN3O.C2H5N.C2H4/c1-5-18(12-20(24)6-2)22-13-21(27-28-22)11-17-9-15(3)23(26-14-17)19-7-8-25-16(4)10-19;1-2-3;1-2/h5-10,12-14H,1,11H2,2-4H3;2H,1,3H2;1-2H2/b18-12+,20-6+;;. The molecule has 33 heavy (non-hydrogen) atoms. The maximum Gasteiger partial charge on any atom is 0.167 e. The predicted octanol–water partition coefficient (Wildman–Crippen LogP) is 6.67. The summed E-state index contributed by atoms with van der Waals surface area (Å²) in [6.07, 6.45) is 9.75. The van der Waals surface area contributed by atoms with E-state index in [4.69, 9.17) is 4.52 Å². The van der Waals surface area contributed by atoms with E-state index in [0.29, 0.717) is 17.8 Å². The smallest absolute Gasteiger partial charge is 0.167 e. The highest BCUT2D eigenvalue weighted by Crippen LogP contribution is 2.24. The van der Waals surface area contributed by atoms with Crippen molar-refractivity contribution < 1.29 is 8.91 Å². The van der Waals surface area contributed by atoms with E-state index in [1.807, 2.05) is 32.2 Å². The summed E-state index contributed by atoms with van der Waals surface area (Å²) in [5, 5.41) is 4.09. The van der Waals surface area contributed by atoms with Crippen molar-refractivity contribution in [3.8, 4) is 11.3 Å². The summed E-state index contributed by atoms with van der Waals surface area (Å²) in [4.78, 5) is 8.85. The van der Waals surface area contributed by atoms with E-state index >= 15 is 0 Å². The number of allylic oxidation sites excluding steroid dienone is 5. The summed E-state index contributed by atoms with van der Waals surface area (Å²) in [6, 6.07) is 7.87. The molecule has 3 aromatic rings. The number of hydrogen-bond acceptors (Lipinski definition) is 5. The van der Waals surface area contributed by atoms with E-state index in [9.17, 15) is 4.39 Å². The summed E-state index contributed by atoms with van der Waals surface area (Å²) in [6.45, 7) is 18.5. The van der Waals surface area contributed by atoms with E-state index in [-0.39, 0.29) is 5.83 Å². The molecule has 3 heterocycles. The predicted molar refractivity (Wildman–Crippen MR) is 135 cm³/mol. The molecule has 3 aromatic heterocycles. The molecule has 0 atom stereocenters. The lowest BCUT2D eigenvalue weighted by molar-refractivity contribution is 0.404. The van der Waals surface area contributed by atoms with Crippen molar-refractivity contribution in [3.05, 3.63) is 122 Å². The van der Waals surface area contributed by atoms with Gasteiger partial charge in [0, 0.05) is 41.7 Å². The molecule has 2 N–H and O–H groups in total. The molecule has 3 rings (SSSR count). The second-order valence-corrected chi connectivity index (χ2v) is 6.77. The number of aryl methyl sites for hydroxylation is 2. The van der Waals surface area contributed by atoms with E-state index in [1.54, 1.807) is 25.3 Å². The third kappa shape index (κ3) is 8.18. The maximum atomic E-state index is 13.5. The third-order valence-corrected chi connectivity index (χ3v) is 4.32. The lowest BCUT2D eigenvalue weighted by atomic mass is 10.0. The number of pyridine rings is 2. The molecule has 0 fully saturated rings. The third-order valence-electron chi connectivity index (χ3n) is 4.32. The van der Waals surface area contributed by atoms with E-state index < -0.39 is 0 Å². The highest BCUT2D eigenvalue weighted by Gasteiger charge is 2.11. The zero-order chi connectivity index (χ0) is 24.8. The van der Waals surface area contributed by atoms with Gasteiger partial charge in [-0.3, -0.25) is 9.97 Å². The molecule has 0 aliphatic rings. The quantitative estimate of drug-likeness (QED) is 0.338. The van der Waals surface area contributed by atoms with Crippen LogP contribution in [0.1, 0.15) is 35.2 Å². The molecule has 0 aliphatic heterocycles. The van der Waals surface area contributed by atoms with Crippen molar-refractivity contribution in [3.63, 3.8) is 0 Å². The monoisotopic (exact) mass is 446 g/mol. The molecule has 5 nitrogen and oxygen atoms in total. The van der Waals surface area contributed by atoms with Crippen LogP contribution in [0.25, 0.3) is 16.8 Å². The number of nitrogens with two attached hydrogens (primary N) is 1. The van der Waals surface area contributed by atoms with Crippen LogP contribution >= 0.6 is 0 Å². The zero-order valence-electron chi connectivity index (χ0n) is 19.5. The first-order valence-corrected chi connectivity index (χ1v) is 10.2. The Morgan fingerprint density at radius 3 is 2.42 bits per heavy atom. The summed E-state index contributed by atoms with van der Waals surface area (Å²) in [7, 11) is 0. The topological polar surface area (TPSA) is 77.8 Å². The van der Waals surface area contributed by atoms with Crippen LogP contribution in [0.15, 0.2) is 97.8 Å². The van der Waals surface area contributed by atoms with E-state index in [2.05, 4.69) is 53.2 Å². The summed E-state index contributed by atoms with van der Waals surface area (Å²) in [5.41, 5.74) is 11.0. The molecule has 0 radical (unpaired) electrons. The van der Waals surface area contributed by atoms with E-state index in [0.717, 1.165) is 33.8 Å². The first-order valence-electron chi connectivity index (χ1n) is 10.2. The Morgan fingerprint density at radius 2 is 1.85 bits per heavy atom. The molecule has 0 aliphatic carbocycles. The highest BCUT2D eigenvalue weighted by molar-refractivity contribution is 5.72. The first-order chi connectivity index (χ1) is 15.9. The van der Waals surface area contributed by atoms with Crippen LogP contribution in [-0.4, -0.2) is 15.1 Å². The van der Waals surface area contributed by atoms with Gasteiger partial charge in [-0.1, -0.05) is 36.5 Å². The number of aromatic nitrogens is 3. The van der Waals surface area contributed by atoms with Crippen molar-refractivity contribution in [2.24, 2.45) is 5.73 Å². The van der Waals surface area contributed by atoms with Gasteiger partial charge in [0.15, 0.2) is 5.76 Å². The SMILES string of the molecule is C=C.C=C/C(=C\C(F)=C/C)c1cc(Cc2cnc(-c3ccnc(C)c3)c(C)c2)no1.C=CN. The molecule has 6 heteroatoms. The maximum absolute atomic E-state index is 13.5. The second-order valence-electron chi connectivity index (χ2n) is 6.77. The van der Waals surface area contributed by atoms with Crippen LogP contribution in [-0.2, 0) is 6.42 Å². The summed E-state index contributed by atoms with van der Waals surface area (Å²) < 4.78 is 18.9. The second kappa shape index (κ2) is 14.1. The molecule has 0 amide bonds. The Balaban J connectivity index is 0.00000101. The molecule has 172 valence electrons. The molecule has 0 saturated heterocycles. The van der Waals surface area contributed by atoms with Gasteiger partial charge in [-0.15, -0.1) is 13.2 Å². The molecule has 0 bridgehead atoms. The summed E-state index contributed by atoms with van der Waals surface area (Å²) in [5.74, 6) is 0.130. The first kappa shape index (κ1) is 27.0. The van der Waals surface area contributed by atoms with Crippen LogP contribution in [0.3, 0.4) is 0 Å². The van der Waals surface area contributed by atoms with Crippen LogP contribution in [0.4, 0.5) is 4.39 Å². The van der Waals surface area contributed by atoms with Gasteiger partial charge in [0.05, 0.1) is 11.4 Å². The fraction of sp³-hybridized carbons (Fsp3) is 0.148. The van der Waals surface area contributed by atoms with Gasteiger partial charge in [0.2, 0.25) is 0 Å². The zero-order valence-corrected chi connectivity index (χ0v) is 19.5. The number of rotatable bonds is 6. The minimum atomic E-state index is -0.352. The molecule has 0 aromatic carbocycles. The minimum absolute atomic E-state index is 0.352. The fourth-order valence-electron chi connectivity index (χ4n) is 2.93. The van der Waals surface area contributed by atoms with Crippen LogP contribution in [0.5, 0.6) is 0 Å². The minimum Gasteiger partial charge on any atom is -0.405 e. The fourth-order valence-corrected chi connectivity index (χ4v) is 2.93. The average Bonchev–Trinajstić information content (AvgIpc) is 3.27. The molecule has 0 unspecified atom stereocenters. The van der Waals surface area contributed by atoms with Gasteiger partial charge in [0.1, 0.15) is 5.83 Å². The molecular formula is C27H31FN4O. The van der Waals surface area contributed by atoms with Crippen LogP contribution < -0.4 is 5.73 Å². The molecular weight excluding hydrogens is 415 g/mol. The van der Waals surface area contributed by atoms with Crippen molar-refractivity contribution in [2.75, 3.05) is 0 Å². The number of nitrogens with zero attached hydrogens (tertiary/aromatic N) is 3. The van der Waals surface area contributed by atoms with E-state index in [1.165, 1.54) is 18.4 Å². The van der Waals surface area contributed by atoms with Crippen molar-refractivity contribution in [1.82, 2.24) is 15.1 Å². The number of hydrogen-bond donors (Lipinski definition) is 1. The Hall–Kier alpha value is -4.06. The van der Waals surface area contributed by atoms with Crippen LogP contribution in [0.2, 0.25) is 0 Å². The largest absolute Gasteiger partial charge is 0.405 e. The molecule has 0 spiro atoms. The average molecular weight is 447 g/mol. The Morgan fingerprint density at radius 1 is 1.15 bits per heavy atom. The van der Waals surface area contributed by atoms with Crippen molar-refractivity contribution in [2.45, 2.75) is 27.2 Å². The van der Waals surface area contributed by atoms with Crippen LogP contribution in [0, 0.1) is 13.8 Å². The Labute approximate surface area is 195 Å². The van der Waals surface area contributed by atoms with Gasteiger partial charge in [-0.25, -0.2) is 4.39 Å². The Bertz CT molecular complexity index is 1130. The lowest BCUT2D eigenvalue weighted by Gasteiger charge is -2.07. The van der Waals surface area contributed by atoms with Crippen molar-refractivity contribution in [1.29, 1.82) is 0 Å². The van der Waals surface area contributed by atoms with Gasteiger partial charge in [-0.05, 0) is 56.3 Å². The summed E-state index contributed by atoms with van der Waals surface area (Å²) >= 11 is 0. The Kier molecular flexibility index (Phi) is 11.5. The molecule has 0 saturated carbocycles. The lowest BCUT2D eigenvalue weighted by Crippen LogP contribution is -1.95. The van der Waals surface area contributed by atoms with Crippen molar-refractivity contribution >= 4 is 5.57 Å². The normalized spacial score (nSPS) is 10.9. The number of halogens is 1. The van der Waals surface area contributed by atoms with Gasteiger partial charge in [-0.2, -0.15) is 0 Å². The van der Waals surface area contributed by atoms with Gasteiger partial charge < -0.3 is 10.3 Å². The van der Waals surface area contributed by atoms with Gasteiger partial charge in [0.25, 0.3) is 0 Å².